The smallest absolute Gasteiger partial charge is 0.251 e. The molecular weight excluding hydrogens is 244 g/mol. The Hall–Kier alpha value is -1.88. The molecule has 0 fully saturated rings. The van der Waals surface area contributed by atoms with Crippen LogP contribution in [0, 0.1) is 0 Å². The summed E-state index contributed by atoms with van der Waals surface area (Å²) in [7, 11) is 0. The van der Waals surface area contributed by atoms with E-state index < -0.39 is 0 Å². The molecule has 1 aromatic carbocycles. The summed E-state index contributed by atoms with van der Waals surface area (Å²) in [5.74, 6) is -0.319. The Morgan fingerprint density at radius 2 is 1.89 bits per heavy atom. The fraction of sp³-hybridized carbons (Fsp3) is 0.429. The number of anilines is 1. The molecule has 0 heterocycles. The molecule has 0 aromatic heterocycles. The number of aliphatic hydroxyl groups is 1. The fourth-order valence-corrected chi connectivity index (χ4v) is 1.71. The van der Waals surface area contributed by atoms with Crippen LogP contribution in [0.1, 0.15) is 37.0 Å². The third kappa shape index (κ3) is 5.09. The van der Waals surface area contributed by atoms with E-state index >= 15 is 0 Å². The van der Waals surface area contributed by atoms with Gasteiger partial charge in [-0.25, -0.2) is 0 Å². The van der Waals surface area contributed by atoms with Crippen molar-refractivity contribution < 1.29 is 14.7 Å². The molecule has 0 aliphatic rings. The van der Waals surface area contributed by atoms with Crippen LogP contribution in [0.5, 0.6) is 0 Å². The topological polar surface area (TPSA) is 78.4 Å². The highest BCUT2D eigenvalue weighted by Crippen LogP contribution is 2.10. The number of aliphatic hydroxyl groups excluding tert-OH is 1. The van der Waals surface area contributed by atoms with E-state index in [1.165, 1.54) is 6.92 Å². The molecule has 0 spiro atoms. The molecule has 1 unspecified atom stereocenters. The molecule has 0 aliphatic carbocycles. The molecule has 19 heavy (non-hydrogen) atoms. The van der Waals surface area contributed by atoms with Gasteiger partial charge in [-0.05, 0) is 37.1 Å². The molecule has 5 heteroatoms. The van der Waals surface area contributed by atoms with Crippen LogP contribution < -0.4 is 10.6 Å². The number of hydrogen-bond donors (Lipinski definition) is 3. The second-order valence-corrected chi connectivity index (χ2v) is 4.35. The van der Waals surface area contributed by atoms with Crippen molar-refractivity contribution in [3.05, 3.63) is 29.8 Å². The third-order valence-electron chi connectivity index (χ3n) is 2.77. The monoisotopic (exact) mass is 264 g/mol. The number of amides is 2. The minimum Gasteiger partial charge on any atom is -0.396 e. The Bertz CT molecular complexity index is 429. The summed E-state index contributed by atoms with van der Waals surface area (Å²) >= 11 is 0. The van der Waals surface area contributed by atoms with Crippen LogP contribution in [0.3, 0.4) is 0 Å². The average molecular weight is 264 g/mol. The zero-order valence-corrected chi connectivity index (χ0v) is 11.3. The summed E-state index contributed by atoms with van der Waals surface area (Å²) in [4.78, 5) is 22.8. The third-order valence-corrected chi connectivity index (χ3v) is 2.77. The summed E-state index contributed by atoms with van der Waals surface area (Å²) < 4.78 is 0. The van der Waals surface area contributed by atoms with Crippen molar-refractivity contribution in [3.8, 4) is 0 Å². The number of carbonyl (C=O) groups is 2. The van der Waals surface area contributed by atoms with Crippen molar-refractivity contribution >= 4 is 17.5 Å². The Balaban J connectivity index is 2.64. The van der Waals surface area contributed by atoms with Gasteiger partial charge < -0.3 is 15.7 Å². The first-order valence-electron chi connectivity index (χ1n) is 6.36. The van der Waals surface area contributed by atoms with E-state index in [0.717, 1.165) is 6.42 Å². The first-order valence-corrected chi connectivity index (χ1v) is 6.36. The van der Waals surface area contributed by atoms with Gasteiger partial charge in [-0.1, -0.05) is 6.92 Å². The predicted molar refractivity (Wildman–Crippen MR) is 74.0 cm³/mol. The van der Waals surface area contributed by atoms with Gasteiger partial charge >= 0.3 is 0 Å². The minimum absolute atomic E-state index is 0.0208. The van der Waals surface area contributed by atoms with E-state index in [2.05, 4.69) is 10.6 Å². The summed E-state index contributed by atoms with van der Waals surface area (Å²) in [6, 6.07) is 6.66. The number of rotatable bonds is 6. The molecule has 0 aliphatic heterocycles. The fourth-order valence-electron chi connectivity index (χ4n) is 1.71. The van der Waals surface area contributed by atoms with E-state index in [1.807, 2.05) is 6.92 Å². The van der Waals surface area contributed by atoms with Gasteiger partial charge in [0.2, 0.25) is 5.91 Å². The maximum Gasteiger partial charge on any atom is 0.251 e. The van der Waals surface area contributed by atoms with Gasteiger partial charge in [0.15, 0.2) is 0 Å². The van der Waals surface area contributed by atoms with Gasteiger partial charge in [0.05, 0.1) is 0 Å². The Morgan fingerprint density at radius 3 is 2.37 bits per heavy atom. The lowest BCUT2D eigenvalue weighted by Gasteiger charge is -2.15. The summed E-state index contributed by atoms with van der Waals surface area (Å²) in [5.41, 5.74) is 1.19. The Morgan fingerprint density at radius 1 is 1.26 bits per heavy atom. The molecule has 104 valence electrons. The molecule has 5 nitrogen and oxygen atoms in total. The normalized spacial score (nSPS) is 11.7. The first kappa shape index (κ1) is 15.2. The SMILES string of the molecule is CCC(CCO)NC(=O)c1ccc(NC(C)=O)cc1. The van der Waals surface area contributed by atoms with Crippen LogP contribution in [0.2, 0.25) is 0 Å². The molecule has 3 N–H and O–H groups in total. The van der Waals surface area contributed by atoms with Gasteiger partial charge in [0.25, 0.3) is 5.91 Å². The van der Waals surface area contributed by atoms with Gasteiger partial charge in [0.1, 0.15) is 0 Å². The zero-order chi connectivity index (χ0) is 14.3. The van der Waals surface area contributed by atoms with Crippen LogP contribution in [-0.2, 0) is 4.79 Å². The van der Waals surface area contributed by atoms with E-state index in [9.17, 15) is 9.59 Å². The lowest BCUT2D eigenvalue weighted by Crippen LogP contribution is -2.35. The molecule has 0 bridgehead atoms. The maximum absolute atomic E-state index is 11.9. The van der Waals surface area contributed by atoms with Crippen molar-refractivity contribution in [1.82, 2.24) is 5.32 Å². The van der Waals surface area contributed by atoms with Crippen LogP contribution >= 0.6 is 0 Å². The lowest BCUT2D eigenvalue weighted by atomic mass is 10.1. The van der Waals surface area contributed by atoms with Crippen molar-refractivity contribution in [1.29, 1.82) is 0 Å². The molecule has 0 saturated carbocycles. The van der Waals surface area contributed by atoms with Crippen molar-refractivity contribution in [2.45, 2.75) is 32.7 Å². The van der Waals surface area contributed by atoms with Crippen LogP contribution in [0.4, 0.5) is 5.69 Å². The highest BCUT2D eigenvalue weighted by atomic mass is 16.3. The molecule has 0 radical (unpaired) electrons. The van der Waals surface area contributed by atoms with E-state index in [1.54, 1.807) is 24.3 Å². The quantitative estimate of drug-likeness (QED) is 0.729. The molecular formula is C14H20N2O3. The molecule has 1 atom stereocenters. The lowest BCUT2D eigenvalue weighted by molar-refractivity contribution is -0.114. The highest BCUT2D eigenvalue weighted by Gasteiger charge is 2.11. The summed E-state index contributed by atoms with van der Waals surface area (Å²) in [6.07, 6.45) is 1.32. The molecule has 1 aromatic rings. The maximum atomic E-state index is 11.9. The van der Waals surface area contributed by atoms with Crippen LogP contribution in [0.25, 0.3) is 0 Å². The molecule has 1 rings (SSSR count). The first-order chi connectivity index (χ1) is 9.06. The van der Waals surface area contributed by atoms with E-state index in [0.29, 0.717) is 17.7 Å². The van der Waals surface area contributed by atoms with Crippen molar-refractivity contribution in [3.63, 3.8) is 0 Å². The van der Waals surface area contributed by atoms with Gasteiger partial charge in [-0.2, -0.15) is 0 Å². The van der Waals surface area contributed by atoms with Crippen LogP contribution in [-0.4, -0.2) is 29.6 Å². The number of nitrogens with one attached hydrogen (secondary N) is 2. The number of benzene rings is 1. The summed E-state index contributed by atoms with van der Waals surface area (Å²) in [6.45, 7) is 3.45. The predicted octanol–water partition coefficient (Wildman–Crippen LogP) is 1.54. The van der Waals surface area contributed by atoms with Crippen LogP contribution in [0.15, 0.2) is 24.3 Å². The second-order valence-electron chi connectivity index (χ2n) is 4.35. The standard InChI is InChI=1S/C14H20N2O3/c1-3-12(8-9-17)16-14(19)11-4-6-13(7-5-11)15-10(2)18/h4-7,12,17H,3,8-9H2,1-2H3,(H,15,18)(H,16,19). The largest absolute Gasteiger partial charge is 0.396 e. The van der Waals surface area contributed by atoms with Gasteiger partial charge in [0, 0.05) is 30.8 Å². The second kappa shape index (κ2) is 7.53. The van der Waals surface area contributed by atoms with Gasteiger partial charge in [-0.15, -0.1) is 0 Å². The molecule has 2 amide bonds. The highest BCUT2D eigenvalue weighted by molar-refractivity contribution is 5.95. The van der Waals surface area contributed by atoms with Gasteiger partial charge in [-0.3, -0.25) is 9.59 Å². The van der Waals surface area contributed by atoms with E-state index in [-0.39, 0.29) is 24.5 Å². The van der Waals surface area contributed by atoms with Crippen molar-refractivity contribution in [2.75, 3.05) is 11.9 Å². The molecule has 0 saturated heterocycles. The van der Waals surface area contributed by atoms with Crippen molar-refractivity contribution in [2.24, 2.45) is 0 Å². The zero-order valence-electron chi connectivity index (χ0n) is 11.3. The Labute approximate surface area is 113 Å². The summed E-state index contributed by atoms with van der Waals surface area (Å²) in [5, 5.41) is 14.4. The number of hydrogen-bond acceptors (Lipinski definition) is 3. The Kier molecular flexibility index (Phi) is 6.02. The minimum atomic E-state index is -0.172. The van der Waals surface area contributed by atoms with E-state index in [4.69, 9.17) is 5.11 Å². The number of carbonyl (C=O) groups excluding carboxylic acids is 2. The average Bonchev–Trinajstić information content (AvgIpc) is 2.38.